The van der Waals surface area contributed by atoms with Crippen molar-refractivity contribution in [3.63, 3.8) is 0 Å². The van der Waals surface area contributed by atoms with E-state index in [2.05, 4.69) is 36.4 Å². The highest BCUT2D eigenvalue weighted by Crippen LogP contribution is 2.38. The molecule has 2 heterocycles. The molecule has 1 fully saturated rings. The van der Waals surface area contributed by atoms with Crippen LogP contribution in [0.3, 0.4) is 0 Å². The minimum absolute atomic E-state index is 0.0496. The van der Waals surface area contributed by atoms with Crippen LogP contribution in [-0.4, -0.2) is 91.0 Å². The van der Waals surface area contributed by atoms with Gasteiger partial charge in [-0.2, -0.15) is 0 Å². The number of rotatable bonds is 21. The van der Waals surface area contributed by atoms with Gasteiger partial charge in [0.1, 0.15) is 29.6 Å². The molecular formula is C47H55N3O10. The summed E-state index contributed by atoms with van der Waals surface area (Å²) in [4.78, 5) is 31.7. The van der Waals surface area contributed by atoms with Crippen LogP contribution in [0.1, 0.15) is 54.4 Å². The Labute approximate surface area is 351 Å². The summed E-state index contributed by atoms with van der Waals surface area (Å²) in [6.45, 7) is 10.2. The van der Waals surface area contributed by atoms with Crippen LogP contribution >= 0.6 is 0 Å². The quantitative estimate of drug-likeness (QED) is 0.0541. The van der Waals surface area contributed by atoms with Crippen molar-refractivity contribution in [2.24, 2.45) is 5.92 Å². The number of fused-ring (bicyclic) bond motifs is 1. The summed E-state index contributed by atoms with van der Waals surface area (Å²) in [6, 6.07) is 24.0. The molecule has 1 aliphatic rings. The number of nitrogens with one attached hydrogen (secondary N) is 2. The number of nitrogens with zero attached hydrogens (tertiary/aromatic N) is 1. The van der Waals surface area contributed by atoms with Gasteiger partial charge in [-0.25, -0.2) is 4.79 Å². The monoisotopic (exact) mass is 821 g/mol. The van der Waals surface area contributed by atoms with Crippen LogP contribution in [0, 0.1) is 5.92 Å². The second-order valence-corrected chi connectivity index (χ2v) is 15.5. The van der Waals surface area contributed by atoms with Crippen molar-refractivity contribution in [2.45, 2.75) is 39.0 Å². The third kappa shape index (κ3) is 11.9. The van der Waals surface area contributed by atoms with Gasteiger partial charge in [-0.05, 0) is 59.0 Å². The highest BCUT2D eigenvalue weighted by Gasteiger charge is 2.28. The summed E-state index contributed by atoms with van der Waals surface area (Å²) in [5, 5.41) is 7.54. The van der Waals surface area contributed by atoms with Crippen molar-refractivity contribution in [3.05, 3.63) is 107 Å². The van der Waals surface area contributed by atoms with Gasteiger partial charge < -0.3 is 48.5 Å². The number of urea groups is 1. The number of hydrogen-bond donors (Lipinski definition) is 2. The Kier molecular flexibility index (Phi) is 15.3. The fourth-order valence-electron chi connectivity index (χ4n) is 6.67. The lowest BCUT2D eigenvalue weighted by atomic mass is 9.84. The standard InChI is InChI=1S/C47H55N3O10/c1-47(2,3)33-25-40(43(51)24-32-29-58-30-32)45(55-6)42(26-33)50-46(52)49-41-11-12-44(39-10-8-7-9-38(39)41)60-35-13-14-48-34(27-35)21-31-22-36(54-5)28-37(23-31)59-20-19-57-18-17-56-16-15-53-4/h7-14,22-23,25-28,32H,15-21,24,29-30H2,1-6H3,(H2,49,50,52). The second kappa shape index (κ2) is 21.0. The minimum atomic E-state index is -0.485. The fourth-order valence-corrected chi connectivity index (χ4v) is 6.67. The molecule has 0 bridgehead atoms. The van der Waals surface area contributed by atoms with Gasteiger partial charge in [0.2, 0.25) is 0 Å². The van der Waals surface area contributed by atoms with Gasteiger partial charge in [0.05, 0.1) is 77.4 Å². The number of ether oxygens (including phenoxy) is 8. The molecule has 60 heavy (non-hydrogen) atoms. The summed E-state index contributed by atoms with van der Waals surface area (Å²) in [7, 11) is 4.76. The van der Waals surface area contributed by atoms with Crippen molar-refractivity contribution in [3.8, 4) is 28.7 Å². The van der Waals surface area contributed by atoms with Gasteiger partial charge in [0.25, 0.3) is 0 Å². The van der Waals surface area contributed by atoms with E-state index in [4.69, 9.17) is 37.9 Å². The number of hydrogen-bond acceptors (Lipinski definition) is 11. The highest BCUT2D eigenvalue weighted by atomic mass is 16.6. The molecule has 1 aliphatic heterocycles. The molecular weight excluding hydrogens is 767 g/mol. The largest absolute Gasteiger partial charge is 0.497 e. The molecule has 4 aromatic carbocycles. The molecule has 0 unspecified atom stereocenters. The molecule has 5 aromatic rings. The molecule has 0 aliphatic carbocycles. The van der Waals surface area contributed by atoms with E-state index in [-0.39, 0.29) is 17.1 Å². The van der Waals surface area contributed by atoms with Crippen LogP contribution in [-0.2, 0) is 30.8 Å². The number of aromatic nitrogens is 1. The summed E-state index contributed by atoms with van der Waals surface area (Å²) in [5.41, 5.74) is 3.77. The maximum atomic E-state index is 13.7. The van der Waals surface area contributed by atoms with Gasteiger partial charge in [-0.15, -0.1) is 0 Å². The van der Waals surface area contributed by atoms with Crippen LogP contribution in [0.25, 0.3) is 10.8 Å². The number of Topliss-reactive ketones (excluding diaryl/α,β-unsaturated/α-hetero) is 1. The lowest BCUT2D eigenvalue weighted by Crippen LogP contribution is -2.30. The average molecular weight is 822 g/mol. The van der Waals surface area contributed by atoms with Crippen molar-refractivity contribution >= 4 is 34.0 Å². The van der Waals surface area contributed by atoms with Crippen molar-refractivity contribution in [1.82, 2.24) is 4.98 Å². The Morgan fingerprint density at radius 1 is 0.750 bits per heavy atom. The predicted octanol–water partition coefficient (Wildman–Crippen LogP) is 8.85. The molecule has 2 N–H and O–H groups in total. The van der Waals surface area contributed by atoms with Crippen molar-refractivity contribution in [2.75, 3.05) is 84.8 Å². The van der Waals surface area contributed by atoms with E-state index in [1.165, 1.54) is 7.11 Å². The predicted molar refractivity (Wildman–Crippen MR) is 231 cm³/mol. The first kappa shape index (κ1) is 43.8. The zero-order valence-corrected chi connectivity index (χ0v) is 35.3. The van der Waals surface area contributed by atoms with Crippen LogP contribution in [0.5, 0.6) is 28.7 Å². The number of carbonyl (C=O) groups is 2. The highest BCUT2D eigenvalue weighted by molar-refractivity contribution is 6.09. The third-order valence-electron chi connectivity index (χ3n) is 9.90. The SMILES string of the molecule is COCCOCCOCCOc1cc(Cc2cc(Oc3ccc(NC(=O)Nc4cc(C(C)(C)C)cc(C(=O)CC5COC5)c4OC)c4ccccc34)ccn2)cc(OC)c1. The first-order valence-corrected chi connectivity index (χ1v) is 20.1. The molecule has 13 heteroatoms. The molecule has 0 radical (unpaired) electrons. The number of benzene rings is 4. The minimum Gasteiger partial charge on any atom is -0.497 e. The number of carbonyl (C=O) groups excluding carboxylic acids is 2. The number of methoxy groups -OCH3 is 3. The molecule has 1 saturated heterocycles. The fraction of sp³-hybridized carbons (Fsp3) is 0.383. The molecule has 0 atom stereocenters. The maximum Gasteiger partial charge on any atom is 0.323 e. The summed E-state index contributed by atoms with van der Waals surface area (Å²) in [5.74, 6) is 3.00. The van der Waals surface area contributed by atoms with E-state index in [0.29, 0.717) is 111 Å². The van der Waals surface area contributed by atoms with E-state index < -0.39 is 6.03 Å². The van der Waals surface area contributed by atoms with Crippen LogP contribution < -0.4 is 29.6 Å². The zero-order valence-electron chi connectivity index (χ0n) is 35.3. The van der Waals surface area contributed by atoms with Crippen LogP contribution in [0.15, 0.2) is 85.1 Å². The molecule has 1 aromatic heterocycles. The smallest absolute Gasteiger partial charge is 0.323 e. The second-order valence-electron chi connectivity index (χ2n) is 15.5. The van der Waals surface area contributed by atoms with E-state index in [1.54, 1.807) is 32.5 Å². The van der Waals surface area contributed by atoms with Gasteiger partial charge in [-0.1, -0.05) is 45.0 Å². The van der Waals surface area contributed by atoms with Gasteiger partial charge in [-0.3, -0.25) is 9.78 Å². The van der Waals surface area contributed by atoms with Gasteiger partial charge >= 0.3 is 6.03 Å². The number of pyridine rings is 1. The molecule has 318 valence electrons. The van der Waals surface area contributed by atoms with Crippen molar-refractivity contribution in [1.29, 1.82) is 0 Å². The molecule has 0 spiro atoms. The first-order chi connectivity index (χ1) is 29.0. The zero-order chi connectivity index (χ0) is 42.5. The van der Waals surface area contributed by atoms with Gasteiger partial charge in [0.15, 0.2) is 11.5 Å². The van der Waals surface area contributed by atoms with Crippen LogP contribution in [0.2, 0.25) is 0 Å². The number of anilines is 2. The Hall–Kier alpha value is -5.73. The molecule has 13 nitrogen and oxygen atoms in total. The van der Waals surface area contributed by atoms with E-state index >= 15 is 0 Å². The summed E-state index contributed by atoms with van der Waals surface area (Å²) >= 11 is 0. The Balaban J connectivity index is 1.13. The third-order valence-corrected chi connectivity index (χ3v) is 9.90. The number of amides is 2. The summed E-state index contributed by atoms with van der Waals surface area (Å²) in [6.07, 6.45) is 2.57. The summed E-state index contributed by atoms with van der Waals surface area (Å²) < 4.78 is 45.0. The van der Waals surface area contributed by atoms with E-state index in [0.717, 1.165) is 27.6 Å². The van der Waals surface area contributed by atoms with E-state index in [1.807, 2.05) is 66.7 Å². The Bertz CT molecular complexity index is 2230. The molecule has 6 rings (SSSR count). The normalized spacial score (nSPS) is 12.8. The first-order valence-electron chi connectivity index (χ1n) is 20.1. The van der Waals surface area contributed by atoms with Gasteiger partial charge in [0, 0.05) is 60.7 Å². The van der Waals surface area contributed by atoms with Crippen LogP contribution in [0.4, 0.5) is 16.2 Å². The number of ketones is 1. The molecule has 2 amide bonds. The Morgan fingerprint density at radius 2 is 1.47 bits per heavy atom. The Morgan fingerprint density at radius 3 is 2.17 bits per heavy atom. The lowest BCUT2D eigenvalue weighted by Gasteiger charge is -2.27. The lowest BCUT2D eigenvalue weighted by molar-refractivity contribution is -0.0322. The maximum absolute atomic E-state index is 13.7. The topological polar surface area (TPSA) is 145 Å². The molecule has 0 saturated carbocycles. The van der Waals surface area contributed by atoms with E-state index in [9.17, 15) is 9.59 Å². The van der Waals surface area contributed by atoms with Crippen molar-refractivity contribution < 1.29 is 47.5 Å². The average Bonchev–Trinajstić information content (AvgIpc) is 3.21.